The van der Waals surface area contributed by atoms with E-state index in [1.54, 1.807) is 32.4 Å². The lowest BCUT2D eigenvalue weighted by Gasteiger charge is -2.13. The van der Waals surface area contributed by atoms with Crippen molar-refractivity contribution in [3.8, 4) is 6.07 Å². The van der Waals surface area contributed by atoms with E-state index in [1.807, 2.05) is 6.07 Å². The van der Waals surface area contributed by atoms with E-state index in [9.17, 15) is 8.42 Å². The van der Waals surface area contributed by atoms with Crippen LogP contribution in [0.1, 0.15) is 19.7 Å². The Balaban J connectivity index is 3.01. The Morgan fingerprint density at radius 1 is 1.53 bits per heavy atom. The molecule has 0 spiro atoms. The van der Waals surface area contributed by atoms with Crippen LogP contribution < -0.4 is 4.72 Å². The predicted molar refractivity (Wildman–Crippen MR) is 62.5 cm³/mol. The van der Waals surface area contributed by atoms with Crippen molar-refractivity contribution in [2.75, 3.05) is 0 Å². The van der Waals surface area contributed by atoms with Crippen molar-refractivity contribution in [2.45, 2.75) is 31.8 Å². The number of nitriles is 1. The highest BCUT2D eigenvalue weighted by atomic mass is 32.2. The van der Waals surface area contributed by atoms with Gasteiger partial charge in [-0.25, -0.2) is 13.4 Å². The first-order valence-electron chi connectivity index (χ1n) is 5.20. The van der Waals surface area contributed by atoms with Gasteiger partial charge >= 0.3 is 0 Å². The van der Waals surface area contributed by atoms with E-state index in [1.165, 1.54) is 6.20 Å². The number of hydrogen-bond acceptors (Lipinski definition) is 4. The number of nitrogens with zero attached hydrogens (tertiary/aromatic N) is 3. The first kappa shape index (κ1) is 13.7. The van der Waals surface area contributed by atoms with E-state index in [2.05, 4.69) is 9.71 Å². The molecule has 0 fully saturated rings. The quantitative estimate of drug-likeness (QED) is 0.852. The van der Waals surface area contributed by atoms with Crippen molar-refractivity contribution in [2.24, 2.45) is 13.0 Å². The molecule has 0 radical (unpaired) electrons. The molecule has 0 aliphatic heterocycles. The molecule has 6 nitrogen and oxygen atoms in total. The maximum atomic E-state index is 11.9. The minimum absolute atomic E-state index is 0.0570. The van der Waals surface area contributed by atoms with E-state index < -0.39 is 16.1 Å². The second-order valence-electron chi connectivity index (χ2n) is 4.21. The summed E-state index contributed by atoms with van der Waals surface area (Å²) in [5.41, 5.74) is 0. The lowest BCUT2D eigenvalue weighted by molar-refractivity contribution is 0.513. The van der Waals surface area contributed by atoms with E-state index in [-0.39, 0.29) is 10.9 Å². The maximum absolute atomic E-state index is 11.9. The van der Waals surface area contributed by atoms with Crippen LogP contribution in [-0.2, 0) is 17.1 Å². The molecule has 7 heteroatoms. The summed E-state index contributed by atoms with van der Waals surface area (Å²) >= 11 is 0. The average Bonchev–Trinajstić information content (AvgIpc) is 2.56. The monoisotopic (exact) mass is 256 g/mol. The van der Waals surface area contributed by atoms with Gasteiger partial charge in [0, 0.05) is 13.2 Å². The molecule has 94 valence electrons. The molecule has 0 aliphatic rings. The van der Waals surface area contributed by atoms with Crippen molar-refractivity contribution in [1.82, 2.24) is 14.3 Å². The molecular formula is C10H16N4O2S. The van der Waals surface area contributed by atoms with Crippen molar-refractivity contribution < 1.29 is 8.42 Å². The zero-order chi connectivity index (χ0) is 13.2. The molecule has 0 aliphatic carbocycles. The van der Waals surface area contributed by atoms with Gasteiger partial charge in [0.25, 0.3) is 10.0 Å². The van der Waals surface area contributed by atoms with Gasteiger partial charge in [-0.15, -0.1) is 0 Å². The Morgan fingerprint density at radius 2 is 2.12 bits per heavy atom. The van der Waals surface area contributed by atoms with Crippen LogP contribution in [0.15, 0.2) is 11.2 Å². The molecule has 0 amide bonds. The fourth-order valence-corrected chi connectivity index (χ4v) is 2.52. The number of rotatable bonds is 4. The van der Waals surface area contributed by atoms with Crippen LogP contribution in [0.2, 0.25) is 0 Å². The summed E-state index contributed by atoms with van der Waals surface area (Å²) in [4.78, 5) is 3.93. The average molecular weight is 256 g/mol. The number of imidazole rings is 1. The smallest absolute Gasteiger partial charge is 0.260 e. The molecule has 0 saturated carbocycles. The lowest BCUT2D eigenvalue weighted by atomic mass is 10.1. The third-order valence-electron chi connectivity index (χ3n) is 2.45. The highest BCUT2D eigenvalue weighted by molar-refractivity contribution is 7.89. The highest BCUT2D eigenvalue weighted by Crippen LogP contribution is 2.10. The molecule has 1 aromatic heterocycles. The van der Waals surface area contributed by atoms with E-state index >= 15 is 0 Å². The second kappa shape index (κ2) is 4.85. The molecular weight excluding hydrogens is 240 g/mol. The van der Waals surface area contributed by atoms with Gasteiger partial charge in [-0.3, -0.25) is 0 Å². The third kappa shape index (κ3) is 3.05. The summed E-state index contributed by atoms with van der Waals surface area (Å²) in [5.74, 6) is 0.503. The van der Waals surface area contributed by atoms with Gasteiger partial charge in [0.2, 0.25) is 0 Å². The summed E-state index contributed by atoms with van der Waals surface area (Å²) in [7, 11) is -2.01. The molecule has 1 rings (SSSR count). The van der Waals surface area contributed by atoms with E-state index in [0.717, 1.165) is 0 Å². The zero-order valence-corrected chi connectivity index (χ0v) is 11.1. The molecule has 0 aromatic carbocycles. The van der Waals surface area contributed by atoms with Crippen LogP contribution in [0.25, 0.3) is 0 Å². The fourth-order valence-electron chi connectivity index (χ4n) is 1.19. The molecule has 1 unspecified atom stereocenters. The lowest BCUT2D eigenvalue weighted by Crippen LogP contribution is -2.37. The normalized spacial score (nSPS) is 13.6. The Bertz CT molecular complexity index is 520. The summed E-state index contributed by atoms with van der Waals surface area (Å²) in [6, 6.07) is 1.18. The Labute approximate surface area is 101 Å². The van der Waals surface area contributed by atoms with Gasteiger partial charge in [0.15, 0.2) is 5.03 Å². The van der Waals surface area contributed by atoms with Gasteiger partial charge in [0.1, 0.15) is 11.9 Å². The predicted octanol–water partition coefficient (Wildman–Crippen LogP) is 0.555. The van der Waals surface area contributed by atoms with Crippen LogP contribution in [0.3, 0.4) is 0 Å². The topological polar surface area (TPSA) is 87.8 Å². The largest absolute Gasteiger partial charge is 0.337 e. The summed E-state index contributed by atoms with van der Waals surface area (Å²) in [6.45, 7) is 5.27. The van der Waals surface area contributed by atoms with Gasteiger partial charge < -0.3 is 4.57 Å². The number of aryl methyl sites for hydroxylation is 2. The Morgan fingerprint density at radius 3 is 2.47 bits per heavy atom. The Hall–Kier alpha value is -1.39. The molecule has 1 heterocycles. The zero-order valence-electron chi connectivity index (χ0n) is 10.3. The van der Waals surface area contributed by atoms with E-state index in [0.29, 0.717) is 5.82 Å². The standard InChI is InChI=1S/C10H16N4O2S/c1-7(2)9(5-11)13-17(15,16)10-6-14(4)8(3)12-10/h6-7,9,13H,1-4H3. The van der Waals surface area contributed by atoms with Gasteiger partial charge in [-0.05, 0) is 12.8 Å². The SMILES string of the molecule is Cc1nc(S(=O)(=O)NC(C#N)C(C)C)cn1C. The first-order valence-corrected chi connectivity index (χ1v) is 6.68. The van der Waals surface area contributed by atoms with Crippen molar-refractivity contribution in [3.05, 3.63) is 12.0 Å². The third-order valence-corrected chi connectivity index (χ3v) is 3.76. The maximum Gasteiger partial charge on any atom is 0.260 e. The van der Waals surface area contributed by atoms with Crippen LogP contribution in [0.4, 0.5) is 0 Å². The second-order valence-corrected chi connectivity index (χ2v) is 5.87. The summed E-state index contributed by atoms with van der Waals surface area (Å²) in [5, 5.41) is 8.81. The molecule has 1 N–H and O–H groups in total. The van der Waals surface area contributed by atoms with Crippen LogP contribution in [0.5, 0.6) is 0 Å². The van der Waals surface area contributed by atoms with E-state index in [4.69, 9.17) is 5.26 Å². The van der Waals surface area contributed by atoms with Crippen LogP contribution >= 0.6 is 0 Å². The number of sulfonamides is 1. The fraction of sp³-hybridized carbons (Fsp3) is 0.600. The molecule has 1 atom stereocenters. The van der Waals surface area contributed by atoms with Crippen molar-refractivity contribution in [1.29, 1.82) is 5.26 Å². The van der Waals surface area contributed by atoms with Crippen LogP contribution in [-0.4, -0.2) is 24.0 Å². The van der Waals surface area contributed by atoms with Gasteiger partial charge in [-0.2, -0.15) is 9.98 Å². The highest BCUT2D eigenvalue weighted by Gasteiger charge is 2.24. The summed E-state index contributed by atoms with van der Waals surface area (Å²) < 4.78 is 27.8. The number of aromatic nitrogens is 2. The number of nitrogens with one attached hydrogen (secondary N) is 1. The summed E-state index contributed by atoms with van der Waals surface area (Å²) in [6.07, 6.45) is 1.42. The minimum Gasteiger partial charge on any atom is -0.337 e. The minimum atomic E-state index is -3.72. The van der Waals surface area contributed by atoms with Gasteiger partial charge in [0.05, 0.1) is 6.07 Å². The van der Waals surface area contributed by atoms with Crippen molar-refractivity contribution in [3.63, 3.8) is 0 Å². The molecule has 0 bridgehead atoms. The van der Waals surface area contributed by atoms with Gasteiger partial charge in [-0.1, -0.05) is 13.8 Å². The Kier molecular flexibility index (Phi) is 3.91. The first-order chi connectivity index (χ1) is 7.77. The molecule has 0 saturated heterocycles. The number of hydrogen-bond donors (Lipinski definition) is 1. The van der Waals surface area contributed by atoms with Crippen molar-refractivity contribution >= 4 is 10.0 Å². The molecule has 1 aromatic rings. The van der Waals surface area contributed by atoms with Crippen LogP contribution in [0, 0.1) is 24.2 Å². The molecule has 17 heavy (non-hydrogen) atoms.